The summed E-state index contributed by atoms with van der Waals surface area (Å²) in [5.41, 5.74) is 0. The Hall–Kier alpha value is -1.92. The van der Waals surface area contributed by atoms with Gasteiger partial charge >= 0.3 is 6.09 Å². The Bertz CT molecular complexity index is 1210. The van der Waals surface area contributed by atoms with Crippen molar-refractivity contribution >= 4 is 16.1 Å². The van der Waals surface area contributed by atoms with Crippen LogP contribution in [-0.4, -0.2) is 81.9 Å². The van der Waals surface area contributed by atoms with Gasteiger partial charge in [0.1, 0.15) is 11.9 Å². The number of nitrogens with zero attached hydrogens (tertiary/aromatic N) is 1. The molecule has 4 saturated carbocycles. The minimum Gasteiger partial charge on any atom is -0.497 e. The van der Waals surface area contributed by atoms with E-state index >= 15 is 0 Å². The molecular weight excluding hydrogens is 584 g/mol. The van der Waals surface area contributed by atoms with E-state index < -0.39 is 34.4 Å². The molecule has 4 bridgehead atoms. The predicted octanol–water partition coefficient (Wildman–Crippen LogP) is 4.41. The van der Waals surface area contributed by atoms with Crippen LogP contribution in [0.15, 0.2) is 29.2 Å². The molecular formula is C33H50N2O8S. The van der Waals surface area contributed by atoms with Crippen molar-refractivity contribution in [3.8, 4) is 5.75 Å². The molecule has 11 heteroatoms. The number of aliphatic hydroxyl groups excluding tert-OH is 1. The van der Waals surface area contributed by atoms with Gasteiger partial charge in [-0.2, -0.15) is 4.31 Å². The van der Waals surface area contributed by atoms with Gasteiger partial charge in [-0.05, 0) is 111 Å². The number of carbonyl (C=O) groups excluding carboxylic acids is 1. The van der Waals surface area contributed by atoms with Crippen molar-refractivity contribution < 1.29 is 37.3 Å². The van der Waals surface area contributed by atoms with Crippen LogP contribution in [0.1, 0.15) is 65.2 Å². The van der Waals surface area contributed by atoms with Crippen LogP contribution in [-0.2, 0) is 24.2 Å². The molecule has 6 fully saturated rings. The maximum atomic E-state index is 13.8. The maximum absolute atomic E-state index is 13.8. The highest BCUT2D eigenvalue weighted by Crippen LogP contribution is 2.57. The van der Waals surface area contributed by atoms with Gasteiger partial charge in [-0.3, -0.25) is 0 Å². The van der Waals surface area contributed by atoms with Crippen LogP contribution < -0.4 is 10.1 Å². The third kappa shape index (κ3) is 6.92. The molecule has 1 amide bonds. The molecule has 10 nitrogen and oxygen atoms in total. The normalized spacial score (nSPS) is 34.1. The van der Waals surface area contributed by atoms with Gasteiger partial charge in [0.15, 0.2) is 6.29 Å². The summed E-state index contributed by atoms with van der Waals surface area (Å²) in [6, 6.07) is 5.66. The van der Waals surface area contributed by atoms with Crippen molar-refractivity contribution in [2.75, 3.05) is 33.4 Å². The number of ether oxygens (including phenoxy) is 4. The summed E-state index contributed by atoms with van der Waals surface area (Å²) >= 11 is 0. The second kappa shape index (κ2) is 13.4. The van der Waals surface area contributed by atoms with Crippen molar-refractivity contribution in [3.63, 3.8) is 0 Å². The number of methoxy groups -OCH3 is 1. The summed E-state index contributed by atoms with van der Waals surface area (Å²) in [7, 11) is -2.38. The molecule has 2 saturated heterocycles. The Kier molecular flexibility index (Phi) is 9.78. The van der Waals surface area contributed by atoms with Crippen LogP contribution in [0.2, 0.25) is 0 Å². The van der Waals surface area contributed by atoms with Crippen molar-refractivity contribution in [2.45, 2.75) is 94.6 Å². The molecule has 1 aromatic rings. The average molecular weight is 635 g/mol. The van der Waals surface area contributed by atoms with Gasteiger partial charge in [0, 0.05) is 25.6 Å². The zero-order valence-electron chi connectivity index (χ0n) is 26.3. The molecule has 0 spiro atoms. The molecule has 4 aliphatic carbocycles. The molecule has 6 aliphatic rings. The van der Waals surface area contributed by atoms with E-state index in [0.29, 0.717) is 36.5 Å². The number of hydrogen-bond donors (Lipinski definition) is 2. The maximum Gasteiger partial charge on any atom is 0.407 e. The van der Waals surface area contributed by atoms with E-state index in [1.165, 1.54) is 55.7 Å². The largest absolute Gasteiger partial charge is 0.497 e. The Balaban J connectivity index is 1.19. The highest BCUT2D eigenvalue weighted by molar-refractivity contribution is 7.89. The van der Waals surface area contributed by atoms with E-state index in [0.717, 1.165) is 24.7 Å². The lowest BCUT2D eigenvalue weighted by Gasteiger charge is -2.55. The molecule has 7 rings (SSSR count). The van der Waals surface area contributed by atoms with Crippen LogP contribution in [0.4, 0.5) is 4.79 Å². The number of amides is 1. The number of carbonyl (C=O) groups is 1. The van der Waals surface area contributed by atoms with Gasteiger partial charge in [0.25, 0.3) is 0 Å². The molecule has 2 N–H and O–H groups in total. The third-order valence-corrected chi connectivity index (χ3v) is 12.7. The molecule has 0 aromatic heterocycles. The first-order chi connectivity index (χ1) is 21.1. The van der Waals surface area contributed by atoms with Crippen LogP contribution in [0.5, 0.6) is 5.75 Å². The fourth-order valence-corrected chi connectivity index (χ4v) is 10.6. The standard InChI is InChI=1S/C33H50N2O8S/c1-20(2)17-35(44(38,39)26-8-6-25(40-3)7-9-26)18-30(36)29(16-28-23-12-21-11-22(14-23)15-24(28)13-21)34-33(37)43-31-19-42-32-27(31)5-4-10-41-32/h6-9,20-24,27-32,36H,4-5,10-19H2,1-3H3,(H,34,37)/t21?,22?,23?,24?,27-,28?,29+,30-,31-,32+/m1/s1. The molecule has 1 aromatic carbocycles. The summed E-state index contributed by atoms with van der Waals surface area (Å²) in [5, 5.41) is 14.8. The monoisotopic (exact) mass is 634 g/mol. The minimum atomic E-state index is -3.92. The summed E-state index contributed by atoms with van der Waals surface area (Å²) in [5.74, 6) is 3.79. The lowest BCUT2D eigenvalue weighted by atomic mass is 9.51. The van der Waals surface area contributed by atoms with E-state index in [4.69, 9.17) is 18.9 Å². The van der Waals surface area contributed by atoms with E-state index in [1.807, 2.05) is 13.8 Å². The number of benzene rings is 1. The van der Waals surface area contributed by atoms with Gasteiger partial charge in [-0.1, -0.05) is 13.8 Å². The van der Waals surface area contributed by atoms with E-state index in [2.05, 4.69) is 5.32 Å². The fourth-order valence-electron chi connectivity index (χ4n) is 9.01. The van der Waals surface area contributed by atoms with E-state index in [1.54, 1.807) is 12.1 Å². The van der Waals surface area contributed by atoms with Gasteiger partial charge < -0.3 is 29.4 Å². The first-order valence-corrected chi connectivity index (χ1v) is 18.1. The second-order valence-electron chi connectivity index (χ2n) is 14.4. The van der Waals surface area contributed by atoms with Crippen LogP contribution in [0, 0.1) is 41.4 Å². The second-order valence-corrected chi connectivity index (χ2v) is 16.3. The van der Waals surface area contributed by atoms with E-state index in [9.17, 15) is 18.3 Å². The van der Waals surface area contributed by atoms with Crippen molar-refractivity contribution in [1.82, 2.24) is 9.62 Å². The summed E-state index contributed by atoms with van der Waals surface area (Å²) in [6.45, 7) is 4.95. The zero-order valence-corrected chi connectivity index (χ0v) is 27.1. The number of alkyl carbamates (subject to hydrolysis) is 1. The molecule has 246 valence electrons. The van der Waals surface area contributed by atoms with Gasteiger partial charge in [-0.25, -0.2) is 13.2 Å². The van der Waals surface area contributed by atoms with Crippen LogP contribution in [0.25, 0.3) is 0 Å². The Morgan fingerprint density at radius 1 is 1.05 bits per heavy atom. The number of rotatable bonds is 12. The number of hydrogen-bond acceptors (Lipinski definition) is 8. The number of aliphatic hydroxyl groups is 1. The Labute approximate surface area is 262 Å². The molecule has 2 heterocycles. The smallest absolute Gasteiger partial charge is 0.407 e. The minimum absolute atomic E-state index is 0.00141. The first kappa shape index (κ1) is 32.0. The van der Waals surface area contributed by atoms with Crippen molar-refractivity contribution in [1.29, 1.82) is 0 Å². The number of sulfonamides is 1. The third-order valence-electron chi connectivity index (χ3n) is 10.8. The van der Waals surface area contributed by atoms with Crippen LogP contribution >= 0.6 is 0 Å². The molecule has 0 unspecified atom stereocenters. The fraction of sp³-hybridized carbons (Fsp3) is 0.788. The Morgan fingerprint density at radius 2 is 1.73 bits per heavy atom. The summed E-state index contributed by atoms with van der Waals surface area (Å²) in [4.78, 5) is 13.5. The zero-order chi connectivity index (χ0) is 31.0. The lowest BCUT2D eigenvalue weighted by Crippen LogP contribution is -2.54. The molecule has 5 atom stereocenters. The van der Waals surface area contributed by atoms with Crippen LogP contribution in [0.3, 0.4) is 0 Å². The molecule has 0 radical (unpaired) electrons. The first-order valence-electron chi connectivity index (χ1n) is 16.6. The van der Waals surface area contributed by atoms with Crippen molar-refractivity contribution in [2.24, 2.45) is 41.4 Å². The highest BCUT2D eigenvalue weighted by Gasteiger charge is 2.49. The summed E-state index contributed by atoms with van der Waals surface area (Å²) < 4.78 is 51.6. The number of fused-ring (bicyclic) bond motifs is 1. The van der Waals surface area contributed by atoms with Crippen molar-refractivity contribution in [3.05, 3.63) is 24.3 Å². The van der Waals surface area contributed by atoms with Gasteiger partial charge in [-0.15, -0.1) is 0 Å². The lowest BCUT2D eigenvalue weighted by molar-refractivity contribution is -0.152. The summed E-state index contributed by atoms with van der Waals surface area (Å²) in [6.07, 6.45) is 6.15. The molecule has 2 aliphatic heterocycles. The predicted molar refractivity (Wildman–Crippen MR) is 163 cm³/mol. The van der Waals surface area contributed by atoms with Gasteiger partial charge in [0.2, 0.25) is 10.0 Å². The highest BCUT2D eigenvalue weighted by atomic mass is 32.2. The average Bonchev–Trinajstić information content (AvgIpc) is 3.39. The molecule has 44 heavy (non-hydrogen) atoms. The number of nitrogens with one attached hydrogen (secondary N) is 1. The Morgan fingerprint density at radius 3 is 2.36 bits per heavy atom. The van der Waals surface area contributed by atoms with E-state index in [-0.39, 0.29) is 42.7 Å². The SMILES string of the molecule is COc1ccc(S(=O)(=O)N(CC(C)C)C[C@@H](O)[C@H](CC2C3CC4CC(C3)CC2C4)NC(=O)O[C@@H]2CO[C@@H]3OCCC[C@@H]32)cc1. The quantitative estimate of drug-likeness (QED) is 0.347. The topological polar surface area (TPSA) is 124 Å². The van der Waals surface area contributed by atoms with Gasteiger partial charge in [0.05, 0.1) is 30.8 Å².